The number of hydrogen-bond acceptors (Lipinski definition) is 4. The van der Waals surface area contributed by atoms with Crippen LogP contribution in [0.3, 0.4) is 0 Å². The Balaban J connectivity index is 1.95. The third-order valence-corrected chi connectivity index (χ3v) is 5.59. The fourth-order valence-corrected chi connectivity index (χ4v) is 3.70. The Hall–Kier alpha value is -1.02. The van der Waals surface area contributed by atoms with E-state index in [1.165, 1.54) is 18.2 Å². The number of aryl methyl sites for hydroxylation is 1. The first-order valence-electron chi connectivity index (χ1n) is 7.48. The molecule has 0 amide bonds. The summed E-state index contributed by atoms with van der Waals surface area (Å²) in [5.41, 5.74) is 0.329. The molecular formula is C15H24FN3O2S. The van der Waals surface area contributed by atoms with Crippen LogP contribution in [0.4, 0.5) is 4.39 Å². The van der Waals surface area contributed by atoms with Gasteiger partial charge in [-0.15, -0.1) is 0 Å². The van der Waals surface area contributed by atoms with Crippen molar-refractivity contribution in [2.75, 3.05) is 39.8 Å². The molecule has 1 fully saturated rings. The lowest BCUT2D eigenvalue weighted by Gasteiger charge is -2.36. The van der Waals surface area contributed by atoms with Crippen LogP contribution in [0.1, 0.15) is 12.5 Å². The van der Waals surface area contributed by atoms with Gasteiger partial charge in [0.05, 0.1) is 4.90 Å². The van der Waals surface area contributed by atoms with Crippen molar-refractivity contribution in [2.24, 2.45) is 0 Å². The minimum absolute atomic E-state index is 0.108. The third kappa shape index (κ3) is 4.25. The highest BCUT2D eigenvalue weighted by atomic mass is 32.2. The molecule has 0 spiro atoms. The largest absolute Gasteiger partial charge is 0.304 e. The fourth-order valence-electron chi connectivity index (χ4n) is 2.49. The first-order valence-corrected chi connectivity index (χ1v) is 8.96. The summed E-state index contributed by atoms with van der Waals surface area (Å²) in [7, 11) is -1.51. The first kappa shape index (κ1) is 17.3. The summed E-state index contributed by atoms with van der Waals surface area (Å²) in [4.78, 5) is 4.64. The molecule has 5 nitrogen and oxygen atoms in total. The van der Waals surface area contributed by atoms with E-state index in [0.29, 0.717) is 12.1 Å². The number of hydrogen-bond donors (Lipinski definition) is 1. The van der Waals surface area contributed by atoms with E-state index in [2.05, 4.69) is 21.6 Å². The minimum Gasteiger partial charge on any atom is -0.304 e. The standard InChI is InChI=1S/C15H24FN3O2S/c1-12-10-14(4-5-15(12)16)22(20,21)17-11-13(2)19-8-6-18(3)7-9-19/h4-5,10,13,17H,6-9,11H2,1-3H3. The van der Waals surface area contributed by atoms with Gasteiger partial charge in [0.2, 0.25) is 10.0 Å². The zero-order chi connectivity index (χ0) is 16.3. The summed E-state index contributed by atoms with van der Waals surface area (Å²) >= 11 is 0. The van der Waals surface area contributed by atoms with Crippen molar-refractivity contribution in [3.63, 3.8) is 0 Å². The van der Waals surface area contributed by atoms with Gasteiger partial charge in [0, 0.05) is 38.8 Å². The molecule has 1 aromatic rings. The molecule has 124 valence electrons. The van der Waals surface area contributed by atoms with Gasteiger partial charge in [-0.05, 0) is 44.7 Å². The van der Waals surface area contributed by atoms with E-state index < -0.39 is 15.8 Å². The Labute approximate surface area is 132 Å². The van der Waals surface area contributed by atoms with Gasteiger partial charge in [-0.1, -0.05) is 0 Å². The lowest BCUT2D eigenvalue weighted by Crippen LogP contribution is -2.51. The van der Waals surface area contributed by atoms with Crippen LogP contribution in [-0.4, -0.2) is 64.0 Å². The van der Waals surface area contributed by atoms with Gasteiger partial charge in [0.25, 0.3) is 0 Å². The van der Waals surface area contributed by atoms with E-state index >= 15 is 0 Å². The SMILES string of the molecule is Cc1cc(S(=O)(=O)NCC(C)N2CCN(C)CC2)ccc1F. The molecule has 1 saturated heterocycles. The van der Waals surface area contributed by atoms with Crippen LogP contribution in [0, 0.1) is 12.7 Å². The van der Waals surface area contributed by atoms with Gasteiger partial charge in [-0.3, -0.25) is 4.90 Å². The molecule has 0 saturated carbocycles. The van der Waals surface area contributed by atoms with Crippen LogP contribution >= 0.6 is 0 Å². The smallest absolute Gasteiger partial charge is 0.240 e. The normalized spacial score (nSPS) is 19.3. The molecule has 0 aromatic heterocycles. The van der Waals surface area contributed by atoms with E-state index in [-0.39, 0.29) is 10.9 Å². The van der Waals surface area contributed by atoms with Crippen molar-refractivity contribution in [3.8, 4) is 0 Å². The number of sulfonamides is 1. The second-order valence-electron chi connectivity index (χ2n) is 5.95. The zero-order valence-electron chi connectivity index (χ0n) is 13.3. The van der Waals surface area contributed by atoms with Gasteiger partial charge in [0.15, 0.2) is 0 Å². The summed E-state index contributed by atoms with van der Waals surface area (Å²) in [6.45, 7) is 7.79. The maximum absolute atomic E-state index is 13.2. The van der Waals surface area contributed by atoms with E-state index in [4.69, 9.17) is 0 Å². The summed E-state index contributed by atoms with van der Waals surface area (Å²) in [6, 6.07) is 3.97. The van der Waals surface area contributed by atoms with Crippen molar-refractivity contribution in [1.29, 1.82) is 0 Å². The number of nitrogens with zero attached hydrogens (tertiary/aromatic N) is 2. The number of piperazine rings is 1. The Kier molecular flexibility index (Phi) is 5.55. The maximum atomic E-state index is 13.2. The minimum atomic E-state index is -3.60. The molecule has 1 aliphatic rings. The topological polar surface area (TPSA) is 52.7 Å². The molecule has 1 N–H and O–H groups in total. The predicted molar refractivity (Wildman–Crippen MR) is 84.9 cm³/mol. The van der Waals surface area contributed by atoms with E-state index in [0.717, 1.165) is 26.2 Å². The average Bonchev–Trinajstić information content (AvgIpc) is 2.48. The highest BCUT2D eigenvalue weighted by Crippen LogP contribution is 2.14. The summed E-state index contributed by atoms with van der Waals surface area (Å²) in [5.74, 6) is -0.398. The van der Waals surface area contributed by atoms with Crippen molar-refractivity contribution in [1.82, 2.24) is 14.5 Å². The quantitative estimate of drug-likeness (QED) is 0.877. The number of rotatable bonds is 5. The second-order valence-corrected chi connectivity index (χ2v) is 7.72. The third-order valence-electron chi connectivity index (χ3n) is 4.17. The Morgan fingerprint density at radius 3 is 2.50 bits per heavy atom. The van der Waals surface area contributed by atoms with E-state index in [9.17, 15) is 12.8 Å². The Morgan fingerprint density at radius 2 is 1.91 bits per heavy atom. The highest BCUT2D eigenvalue weighted by Gasteiger charge is 2.21. The molecule has 0 radical (unpaired) electrons. The number of nitrogens with one attached hydrogen (secondary N) is 1. The first-order chi connectivity index (χ1) is 10.3. The number of benzene rings is 1. The van der Waals surface area contributed by atoms with Crippen molar-refractivity contribution >= 4 is 10.0 Å². The Morgan fingerprint density at radius 1 is 1.27 bits per heavy atom. The molecule has 22 heavy (non-hydrogen) atoms. The van der Waals surface area contributed by atoms with Gasteiger partial charge >= 0.3 is 0 Å². The Bertz CT molecular complexity index is 613. The number of halogens is 1. The van der Waals surface area contributed by atoms with Crippen molar-refractivity contribution in [3.05, 3.63) is 29.6 Å². The molecule has 1 atom stereocenters. The molecule has 7 heteroatoms. The highest BCUT2D eigenvalue weighted by molar-refractivity contribution is 7.89. The van der Waals surface area contributed by atoms with Crippen LogP contribution in [0.2, 0.25) is 0 Å². The summed E-state index contributed by atoms with van der Waals surface area (Å²) < 4.78 is 40.4. The monoisotopic (exact) mass is 329 g/mol. The molecule has 1 aromatic carbocycles. The second kappa shape index (κ2) is 7.04. The molecule has 0 aliphatic carbocycles. The molecule has 1 unspecified atom stereocenters. The molecule has 1 aliphatic heterocycles. The molecule has 0 bridgehead atoms. The lowest BCUT2D eigenvalue weighted by molar-refractivity contribution is 0.120. The lowest BCUT2D eigenvalue weighted by atomic mass is 10.2. The number of likely N-dealkylation sites (N-methyl/N-ethyl adjacent to an activating group) is 1. The van der Waals surface area contributed by atoms with Crippen LogP contribution < -0.4 is 4.72 Å². The molecule has 1 heterocycles. The van der Waals surface area contributed by atoms with E-state index in [1.807, 2.05) is 6.92 Å². The van der Waals surface area contributed by atoms with Crippen LogP contribution in [-0.2, 0) is 10.0 Å². The van der Waals surface area contributed by atoms with Crippen molar-refractivity contribution in [2.45, 2.75) is 24.8 Å². The van der Waals surface area contributed by atoms with Gasteiger partial charge in [-0.2, -0.15) is 0 Å². The maximum Gasteiger partial charge on any atom is 0.240 e. The van der Waals surface area contributed by atoms with Crippen LogP contribution in [0.5, 0.6) is 0 Å². The molecular weight excluding hydrogens is 305 g/mol. The fraction of sp³-hybridized carbons (Fsp3) is 0.600. The summed E-state index contributed by atoms with van der Waals surface area (Å²) in [5, 5.41) is 0. The predicted octanol–water partition coefficient (Wildman–Crippen LogP) is 1.05. The van der Waals surface area contributed by atoms with Crippen LogP contribution in [0.25, 0.3) is 0 Å². The van der Waals surface area contributed by atoms with Crippen LogP contribution in [0.15, 0.2) is 23.1 Å². The summed E-state index contributed by atoms with van der Waals surface area (Å²) in [6.07, 6.45) is 0. The van der Waals surface area contributed by atoms with Crippen molar-refractivity contribution < 1.29 is 12.8 Å². The van der Waals surface area contributed by atoms with Gasteiger partial charge in [-0.25, -0.2) is 17.5 Å². The van der Waals surface area contributed by atoms with E-state index in [1.54, 1.807) is 6.92 Å². The zero-order valence-corrected chi connectivity index (χ0v) is 14.2. The molecule has 2 rings (SSSR count). The van der Waals surface area contributed by atoms with Gasteiger partial charge in [0.1, 0.15) is 5.82 Å². The average molecular weight is 329 g/mol. The van der Waals surface area contributed by atoms with Gasteiger partial charge < -0.3 is 4.90 Å².